The van der Waals surface area contributed by atoms with E-state index in [1.807, 2.05) is 37.5 Å². The van der Waals surface area contributed by atoms with Crippen molar-refractivity contribution in [2.75, 3.05) is 0 Å². The topological polar surface area (TPSA) is 34.6 Å². The highest BCUT2D eigenvalue weighted by Crippen LogP contribution is 2.28. The number of para-hydroxylation sites is 1. The number of aryl methyl sites for hydroxylation is 1. The van der Waals surface area contributed by atoms with Crippen molar-refractivity contribution in [2.45, 2.75) is 13.5 Å². The molecule has 0 saturated carbocycles. The van der Waals surface area contributed by atoms with Gasteiger partial charge in [-0.1, -0.05) is 18.2 Å². The number of benzene rings is 1. The number of nitrogens with zero attached hydrogens (tertiary/aromatic N) is 4. The number of aromatic nitrogens is 4. The Balaban J connectivity index is 2.02. The molecule has 1 aliphatic rings. The van der Waals surface area contributed by atoms with Crippen LogP contribution in [0.1, 0.15) is 11.4 Å². The molecule has 2 aromatic heterocycles. The molecular weight excluding hydrogens is 236 g/mol. The van der Waals surface area contributed by atoms with Gasteiger partial charge in [0, 0.05) is 30.0 Å². The molecule has 0 amide bonds. The van der Waals surface area contributed by atoms with E-state index in [4.69, 9.17) is 0 Å². The molecule has 19 heavy (non-hydrogen) atoms. The van der Waals surface area contributed by atoms with Crippen LogP contribution in [0.25, 0.3) is 17.1 Å². The van der Waals surface area contributed by atoms with Crippen molar-refractivity contribution < 1.29 is 4.57 Å². The summed E-state index contributed by atoms with van der Waals surface area (Å²) in [6, 6.07) is 12.4. The molecule has 0 saturated heterocycles. The predicted octanol–water partition coefficient (Wildman–Crippen LogP) is 1.89. The lowest BCUT2D eigenvalue weighted by Gasteiger charge is -2.01. The first-order valence-electron chi connectivity index (χ1n) is 6.33. The number of fused-ring (bicyclic) bond motifs is 3. The molecule has 1 aromatic carbocycles. The van der Waals surface area contributed by atoms with Gasteiger partial charge in [0.05, 0.1) is 5.56 Å². The van der Waals surface area contributed by atoms with Gasteiger partial charge in [-0.3, -0.25) is 4.98 Å². The summed E-state index contributed by atoms with van der Waals surface area (Å²) in [6.45, 7) is 2.86. The number of pyridine rings is 1. The lowest BCUT2D eigenvalue weighted by Crippen LogP contribution is -2.34. The van der Waals surface area contributed by atoms with Crippen LogP contribution < -0.4 is 4.57 Å². The van der Waals surface area contributed by atoms with Crippen LogP contribution in [-0.2, 0) is 6.54 Å². The van der Waals surface area contributed by atoms with Crippen molar-refractivity contribution in [2.24, 2.45) is 0 Å². The van der Waals surface area contributed by atoms with E-state index in [-0.39, 0.29) is 0 Å². The summed E-state index contributed by atoms with van der Waals surface area (Å²) in [5.41, 5.74) is 3.59. The van der Waals surface area contributed by atoms with Crippen LogP contribution in [0.3, 0.4) is 0 Å². The first kappa shape index (κ1) is 10.4. The highest BCUT2D eigenvalue weighted by atomic mass is 15.4. The summed E-state index contributed by atoms with van der Waals surface area (Å²) in [4.78, 5) is 4.24. The van der Waals surface area contributed by atoms with Gasteiger partial charge in [-0.2, -0.15) is 4.57 Å². The van der Waals surface area contributed by atoms with E-state index in [9.17, 15) is 0 Å². The van der Waals surface area contributed by atoms with E-state index in [0.717, 1.165) is 23.9 Å². The zero-order chi connectivity index (χ0) is 12.8. The standard InChI is InChI=1S/C15H13N4/c1-11-17-18-10-12-7-8-16-9-14(12)15(18)19(11)13-5-3-2-4-6-13/h2-9H,10H2,1H3/q+1. The molecule has 4 nitrogen and oxygen atoms in total. The summed E-state index contributed by atoms with van der Waals surface area (Å²) in [7, 11) is 0. The van der Waals surface area contributed by atoms with Crippen LogP contribution in [0.2, 0.25) is 0 Å². The maximum absolute atomic E-state index is 4.63. The van der Waals surface area contributed by atoms with Gasteiger partial charge in [0.2, 0.25) is 0 Å². The second-order valence-corrected chi connectivity index (χ2v) is 4.73. The number of hydrogen-bond donors (Lipinski definition) is 0. The van der Waals surface area contributed by atoms with Crippen molar-refractivity contribution in [1.82, 2.24) is 14.8 Å². The largest absolute Gasteiger partial charge is 0.279 e. The molecule has 0 aliphatic carbocycles. The van der Waals surface area contributed by atoms with Gasteiger partial charge in [-0.25, -0.2) is 0 Å². The monoisotopic (exact) mass is 249 g/mol. The van der Waals surface area contributed by atoms with Gasteiger partial charge in [-0.15, -0.1) is 4.68 Å². The summed E-state index contributed by atoms with van der Waals surface area (Å²) >= 11 is 0. The molecule has 4 heteroatoms. The molecule has 0 unspecified atom stereocenters. The van der Waals surface area contributed by atoms with Crippen molar-refractivity contribution >= 4 is 0 Å². The van der Waals surface area contributed by atoms with E-state index >= 15 is 0 Å². The molecular formula is C15H13N4+. The lowest BCUT2D eigenvalue weighted by molar-refractivity contribution is -0.591. The highest BCUT2D eigenvalue weighted by molar-refractivity contribution is 5.61. The third-order valence-electron chi connectivity index (χ3n) is 3.53. The Morgan fingerprint density at radius 3 is 2.84 bits per heavy atom. The fourth-order valence-corrected chi connectivity index (χ4v) is 2.72. The summed E-state index contributed by atoms with van der Waals surface area (Å²) in [6.07, 6.45) is 3.76. The van der Waals surface area contributed by atoms with Crippen molar-refractivity contribution in [3.63, 3.8) is 0 Å². The Morgan fingerprint density at radius 2 is 2.00 bits per heavy atom. The third kappa shape index (κ3) is 1.43. The minimum atomic E-state index is 0.827. The van der Waals surface area contributed by atoms with Gasteiger partial charge in [0.1, 0.15) is 12.2 Å². The molecule has 1 aliphatic heterocycles. The van der Waals surface area contributed by atoms with Crippen molar-refractivity contribution in [1.29, 1.82) is 0 Å². The van der Waals surface area contributed by atoms with Crippen LogP contribution in [0.4, 0.5) is 0 Å². The van der Waals surface area contributed by atoms with Gasteiger partial charge in [-0.05, 0) is 18.2 Å². The lowest BCUT2D eigenvalue weighted by atomic mass is 10.2. The quantitative estimate of drug-likeness (QED) is 0.483. The predicted molar refractivity (Wildman–Crippen MR) is 70.8 cm³/mol. The molecule has 0 spiro atoms. The summed E-state index contributed by atoms with van der Waals surface area (Å²) < 4.78 is 4.24. The fraction of sp³-hybridized carbons (Fsp3) is 0.133. The van der Waals surface area contributed by atoms with E-state index in [2.05, 4.69) is 37.5 Å². The zero-order valence-electron chi connectivity index (χ0n) is 10.6. The third-order valence-corrected chi connectivity index (χ3v) is 3.53. The SMILES string of the molecule is Cc1nn2c([n+]1-c1ccccc1)-c1cnccc1C2. The summed E-state index contributed by atoms with van der Waals surface area (Å²) in [5, 5.41) is 4.63. The Morgan fingerprint density at radius 1 is 1.16 bits per heavy atom. The van der Waals surface area contributed by atoms with Crippen LogP contribution in [-0.4, -0.2) is 14.8 Å². The number of hydrogen-bond acceptors (Lipinski definition) is 2. The highest BCUT2D eigenvalue weighted by Gasteiger charge is 2.33. The maximum atomic E-state index is 4.63. The second-order valence-electron chi connectivity index (χ2n) is 4.73. The molecule has 0 atom stereocenters. The smallest absolute Gasteiger partial charge is 0.264 e. The Kier molecular flexibility index (Phi) is 2.06. The van der Waals surface area contributed by atoms with Gasteiger partial charge in [0.25, 0.3) is 11.6 Å². The van der Waals surface area contributed by atoms with Crippen LogP contribution in [0.5, 0.6) is 0 Å². The van der Waals surface area contributed by atoms with Crippen molar-refractivity contribution in [3.8, 4) is 17.1 Å². The second kappa shape index (κ2) is 3.75. The van der Waals surface area contributed by atoms with Gasteiger partial charge < -0.3 is 0 Å². The molecule has 0 N–H and O–H groups in total. The van der Waals surface area contributed by atoms with Crippen LogP contribution >= 0.6 is 0 Å². The Hall–Kier alpha value is -2.49. The minimum Gasteiger partial charge on any atom is -0.264 e. The van der Waals surface area contributed by atoms with Gasteiger partial charge >= 0.3 is 0 Å². The average Bonchev–Trinajstić information content (AvgIpc) is 2.94. The van der Waals surface area contributed by atoms with Gasteiger partial charge in [0.15, 0.2) is 0 Å². The Labute approximate surface area is 111 Å². The molecule has 3 aromatic rings. The molecule has 0 radical (unpaired) electrons. The molecule has 3 heterocycles. The van der Waals surface area contributed by atoms with Crippen molar-refractivity contribution in [3.05, 3.63) is 60.2 Å². The zero-order valence-corrected chi connectivity index (χ0v) is 10.6. The van der Waals surface area contributed by atoms with Crippen LogP contribution in [0, 0.1) is 6.92 Å². The normalized spacial score (nSPS) is 12.3. The average molecular weight is 249 g/mol. The molecule has 0 bridgehead atoms. The first-order chi connectivity index (χ1) is 9.34. The number of rotatable bonds is 1. The molecule has 0 fully saturated rings. The Bertz CT molecular complexity index is 759. The maximum Gasteiger partial charge on any atom is 0.279 e. The van der Waals surface area contributed by atoms with E-state index in [0.29, 0.717) is 0 Å². The summed E-state index contributed by atoms with van der Waals surface area (Å²) in [5.74, 6) is 2.11. The van der Waals surface area contributed by atoms with E-state index in [1.165, 1.54) is 11.1 Å². The minimum absolute atomic E-state index is 0.827. The first-order valence-corrected chi connectivity index (χ1v) is 6.33. The van der Waals surface area contributed by atoms with E-state index in [1.54, 1.807) is 0 Å². The molecule has 4 rings (SSSR count). The fourth-order valence-electron chi connectivity index (χ4n) is 2.72. The van der Waals surface area contributed by atoms with E-state index < -0.39 is 0 Å². The molecule has 92 valence electrons. The van der Waals surface area contributed by atoms with Crippen LogP contribution in [0.15, 0.2) is 48.8 Å².